The van der Waals surface area contributed by atoms with Crippen LogP contribution in [-0.4, -0.2) is 29.1 Å². The summed E-state index contributed by atoms with van der Waals surface area (Å²) in [5.41, 5.74) is 0. The van der Waals surface area contributed by atoms with E-state index in [-0.39, 0.29) is 6.42 Å². The fourth-order valence-corrected chi connectivity index (χ4v) is 2.28. The molecular formula is C12H15ClN2O2. The minimum atomic E-state index is -0.701. The summed E-state index contributed by atoms with van der Waals surface area (Å²) in [6.07, 6.45) is 3.75. The first-order valence-corrected chi connectivity index (χ1v) is 6.11. The van der Waals surface area contributed by atoms with Gasteiger partial charge in [-0.1, -0.05) is 11.6 Å². The number of carbonyl (C=O) groups is 1. The zero-order valence-corrected chi connectivity index (χ0v) is 10.2. The molecule has 2 heterocycles. The predicted octanol–water partition coefficient (Wildman–Crippen LogP) is 2.43. The molecule has 0 atom stereocenters. The fourth-order valence-electron chi connectivity index (χ4n) is 2.17. The summed E-state index contributed by atoms with van der Waals surface area (Å²) >= 11 is 5.78. The second-order valence-electron chi connectivity index (χ2n) is 4.36. The SMILES string of the molecule is O=C(O)CC1CCN(c2ccc(Cl)cn2)CC1. The maximum Gasteiger partial charge on any atom is 0.303 e. The summed E-state index contributed by atoms with van der Waals surface area (Å²) < 4.78 is 0. The van der Waals surface area contributed by atoms with Gasteiger partial charge in [-0.2, -0.15) is 0 Å². The van der Waals surface area contributed by atoms with Crippen LogP contribution in [0.3, 0.4) is 0 Å². The zero-order valence-electron chi connectivity index (χ0n) is 9.47. The molecular weight excluding hydrogens is 240 g/mol. The molecule has 1 aromatic heterocycles. The minimum Gasteiger partial charge on any atom is -0.481 e. The summed E-state index contributed by atoms with van der Waals surface area (Å²) in [5, 5.41) is 9.37. The Labute approximate surface area is 105 Å². The highest BCUT2D eigenvalue weighted by molar-refractivity contribution is 6.30. The molecule has 0 aliphatic carbocycles. The van der Waals surface area contributed by atoms with Crippen molar-refractivity contribution in [3.8, 4) is 0 Å². The van der Waals surface area contributed by atoms with Gasteiger partial charge in [0, 0.05) is 25.7 Å². The minimum absolute atomic E-state index is 0.280. The van der Waals surface area contributed by atoms with Gasteiger partial charge in [-0.15, -0.1) is 0 Å². The van der Waals surface area contributed by atoms with Crippen molar-refractivity contribution in [2.24, 2.45) is 5.92 Å². The number of pyridine rings is 1. The summed E-state index contributed by atoms with van der Waals surface area (Å²) in [6, 6.07) is 3.73. The number of piperidine rings is 1. The Morgan fingerprint density at radius 2 is 2.18 bits per heavy atom. The van der Waals surface area contributed by atoms with Crippen molar-refractivity contribution < 1.29 is 9.90 Å². The zero-order chi connectivity index (χ0) is 12.3. The first-order valence-electron chi connectivity index (χ1n) is 5.73. The molecule has 0 aromatic carbocycles. The number of hydrogen-bond donors (Lipinski definition) is 1. The topological polar surface area (TPSA) is 53.4 Å². The van der Waals surface area contributed by atoms with E-state index in [0.29, 0.717) is 10.9 Å². The Morgan fingerprint density at radius 1 is 1.47 bits per heavy atom. The molecule has 4 nitrogen and oxygen atoms in total. The second-order valence-corrected chi connectivity index (χ2v) is 4.80. The van der Waals surface area contributed by atoms with Crippen molar-refractivity contribution in [3.63, 3.8) is 0 Å². The Balaban J connectivity index is 1.90. The highest BCUT2D eigenvalue weighted by atomic mass is 35.5. The number of carboxylic acid groups (broad SMARTS) is 1. The van der Waals surface area contributed by atoms with E-state index < -0.39 is 5.97 Å². The van der Waals surface area contributed by atoms with Crippen molar-refractivity contribution >= 4 is 23.4 Å². The molecule has 0 saturated carbocycles. The van der Waals surface area contributed by atoms with Gasteiger partial charge in [-0.3, -0.25) is 4.79 Å². The average Bonchev–Trinajstić information content (AvgIpc) is 2.30. The molecule has 5 heteroatoms. The van der Waals surface area contributed by atoms with Crippen LogP contribution >= 0.6 is 11.6 Å². The van der Waals surface area contributed by atoms with Crippen LogP contribution in [0.1, 0.15) is 19.3 Å². The molecule has 1 saturated heterocycles. The Morgan fingerprint density at radius 3 is 2.71 bits per heavy atom. The summed E-state index contributed by atoms with van der Waals surface area (Å²) in [5.74, 6) is 0.521. The van der Waals surface area contributed by atoms with Gasteiger partial charge in [0.05, 0.1) is 5.02 Å². The number of aliphatic carboxylic acids is 1. The Bertz CT molecular complexity index is 386. The molecule has 1 fully saturated rings. The molecule has 1 aliphatic heterocycles. The molecule has 0 spiro atoms. The highest BCUT2D eigenvalue weighted by Crippen LogP contribution is 2.24. The third-order valence-electron chi connectivity index (χ3n) is 3.11. The van der Waals surface area contributed by atoms with E-state index in [9.17, 15) is 4.79 Å². The van der Waals surface area contributed by atoms with Crippen molar-refractivity contribution in [1.29, 1.82) is 0 Å². The molecule has 1 aromatic rings. The first kappa shape index (κ1) is 12.2. The van der Waals surface area contributed by atoms with Crippen LogP contribution in [0.2, 0.25) is 5.02 Å². The third-order valence-corrected chi connectivity index (χ3v) is 3.34. The van der Waals surface area contributed by atoms with Crippen molar-refractivity contribution in [1.82, 2.24) is 4.98 Å². The number of halogens is 1. The average molecular weight is 255 g/mol. The molecule has 0 radical (unpaired) electrons. The number of carboxylic acids is 1. The van der Waals surface area contributed by atoms with Gasteiger partial charge < -0.3 is 10.0 Å². The molecule has 0 amide bonds. The lowest BCUT2D eigenvalue weighted by atomic mass is 9.94. The molecule has 0 bridgehead atoms. The molecule has 2 rings (SSSR count). The number of hydrogen-bond acceptors (Lipinski definition) is 3. The smallest absolute Gasteiger partial charge is 0.303 e. The van der Waals surface area contributed by atoms with Gasteiger partial charge >= 0.3 is 5.97 Å². The molecule has 92 valence electrons. The van der Waals surface area contributed by atoms with E-state index in [1.54, 1.807) is 6.20 Å². The quantitative estimate of drug-likeness (QED) is 0.900. The molecule has 1 aliphatic rings. The number of rotatable bonds is 3. The van der Waals surface area contributed by atoms with Gasteiger partial charge in [0.2, 0.25) is 0 Å². The van der Waals surface area contributed by atoms with Crippen LogP contribution in [0.25, 0.3) is 0 Å². The first-order chi connectivity index (χ1) is 8.15. The van der Waals surface area contributed by atoms with Gasteiger partial charge in [0.25, 0.3) is 0 Å². The number of aromatic nitrogens is 1. The van der Waals surface area contributed by atoms with E-state index in [2.05, 4.69) is 9.88 Å². The molecule has 17 heavy (non-hydrogen) atoms. The van der Waals surface area contributed by atoms with Gasteiger partial charge in [-0.25, -0.2) is 4.98 Å². The van der Waals surface area contributed by atoms with Gasteiger partial charge in [0.15, 0.2) is 0 Å². The summed E-state index contributed by atoms with van der Waals surface area (Å²) in [7, 11) is 0. The maximum absolute atomic E-state index is 10.6. The maximum atomic E-state index is 10.6. The monoisotopic (exact) mass is 254 g/mol. The lowest BCUT2D eigenvalue weighted by Crippen LogP contribution is -2.34. The summed E-state index contributed by atoms with van der Waals surface area (Å²) in [4.78, 5) is 17.1. The van der Waals surface area contributed by atoms with E-state index in [0.717, 1.165) is 31.7 Å². The fraction of sp³-hybridized carbons (Fsp3) is 0.500. The van der Waals surface area contributed by atoms with Crippen LogP contribution < -0.4 is 4.90 Å². The number of nitrogens with zero attached hydrogens (tertiary/aromatic N) is 2. The van der Waals surface area contributed by atoms with Crippen LogP contribution in [0.5, 0.6) is 0 Å². The van der Waals surface area contributed by atoms with Crippen molar-refractivity contribution in [2.75, 3.05) is 18.0 Å². The Kier molecular flexibility index (Phi) is 3.84. The molecule has 0 unspecified atom stereocenters. The van der Waals surface area contributed by atoms with Crippen molar-refractivity contribution in [3.05, 3.63) is 23.4 Å². The largest absolute Gasteiger partial charge is 0.481 e. The van der Waals surface area contributed by atoms with E-state index in [1.807, 2.05) is 12.1 Å². The lowest BCUT2D eigenvalue weighted by molar-refractivity contribution is -0.138. The normalized spacial score (nSPS) is 17.1. The third kappa shape index (κ3) is 3.33. The second kappa shape index (κ2) is 5.36. The Hall–Kier alpha value is -1.29. The van der Waals surface area contributed by atoms with Crippen LogP contribution in [0.4, 0.5) is 5.82 Å². The van der Waals surface area contributed by atoms with Crippen LogP contribution in [-0.2, 0) is 4.79 Å². The van der Waals surface area contributed by atoms with Gasteiger partial charge in [-0.05, 0) is 30.9 Å². The standard InChI is InChI=1S/C12H15ClN2O2/c13-10-1-2-11(14-8-10)15-5-3-9(4-6-15)7-12(16)17/h1-2,8-9H,3-7H2,(H,16,17). The highest BCUT2D eigenvalue weighted by Gasteiger charge is 2.21. The van der Waals surface area contributed by atoms with Crippen LogP contribution in [0, 0.1) is 5.92 Å². The predicted molar refractivity (Wildman–Crippen MR) is 66.4 cm³/mol. The van der Waals surface area contributed by atoms with Crippen LogP contribution in [0.15, 0.2) is 18.3 Å². The molecule has 1 N–H and O–H groups in total. The lowest BCUT2D eigenvalue weighted by Gasteiger charge is -2.32. The summed E-state index contributed by atoms with van der Waals surface area (Å²) in [6.45, 7) is 1.74. The van der Waals surface area contributed by atoms with Gasteiger partial charge in [0.1, 0.15) is 5.82 Å². The van der Waals surface area contributed by atoms with Crippen molar-refractivity contribution in [2.45, 2.75) is 19.3 Å². The number of anilines is 1. The van der Waals surface area contributed by atoms with E-state index in [1.165, 1.54) is 0 Å². The van der Waals surface area contributed by atoms with E-state index >= 15 is 0 Å². The van der Waals surface area contributed by atoms with E-state index in [4.69, 9.17) is 16.7 Å².